The lowest BCUT2D eigenvalue weighted by atomic mass is 9.94. The molecule has 4 heteroatoms. The molecule has 0 spiro atoms. The number of anilines is 1. The van der Waals surface area contributed by atoms with E-state index in [0.29, 0.717) is 22.4 Å². The first-order valence-corrected chi connectivity index (χ1v) is 8.75. The molecule has 0 N–H and O–H groups in total. The van der Waals surface area contributed by atoms with Gasteiger partial charge < -0.3 is 0 Å². The summed E-state index contributed by atoms with van der Waals surface area (Å²) in [6, 6.07) is 16.9. The molecule has 0 aliphatic carbocycles. The average Bonchev–Trinajstić information content (AvgIpc) is 2.96. The summed E-state index contributed by atoms with van der Waals surface area (Å²) in [6.07, 6.45) is 0. The van der Waals surface area contributed by atoms with E-state index in [-0.39, 0.29) is 11.1 Å². The molecular formula is C23H18FNO2. The average molecular weight is 359 g/mol. The zero-order chi connectivity index (χ0) is 19.3. The fourth-order valence-electron chi connectivity index (χ4n) is 3.59. The lowest BCUT2D eigenvalue weighted by Gasteiger charge is -2.15. The Balaban J connectivity index is 1.85. The Morgan fingerprint density at radius 1 is 0.704 bits per heavy atom. The van der Waals surface area contributed by atoms with Gasteiger partial charge in [-0.05, 0) is 60.7 Å². The highest BCUT2D eigenvalue weighted by Gasteiger charge is 2.41. The summed E-state index contributed by atoms with van der Waals surface area (Å²) < 4.78 is 14.8. The van der Waals surface area contributed by atoms with Gasteiger partial charge in [-0.25, -0.2) is 9.29 Å². The molecule has 3 aromatic carbocycles. The fourth-order valence-corrected chi connectivity index (χ4v) is 3.59. The van der Waals surface area contributed by atoms with Gasteiger partial charge in [0.25, 0.3) is 11.8 Å². The highest BCUT2D eigenvalue weighted by molar-refractivity contribution is 6.35. The molecule has 0 bridgehead atoms. The number of fused-ring (bicyclic) bond motifs is 1. The first-order valence-electron chi connectivity index (χ1n) is 8.75. The highest BCUT2D eigenvalue weighted by atomic mass is 19.1. The third-order valence-corrected chi connectivity index (χ3v) is 5.34. The summed E-state index contributed by atoms with van der Waals surface area (Å²) in [5.41, 5.74) is 4.12. The van der Waals surface area contributed by atoms with Crippen LogP contribution in [0.25, 0.3) is 11.1 Å². The smallest absolute Gasteiger partial charge is 0.268 e. The lowest BCUT2D eigenvalue weighted by molar-refractivity contribution is 0.0925. The predicted molar refractivity (Wildman–Crippen MR) is 104 cm³/mol. The van der Waals surface area contributed by atoms with Crippen molar-refractivity contribution in [2.45, 2.75) is 20.8 Å². The summed E-state index contributed by atoms with van der Waals surface area (Å²) in [5, 5.41) is 0. The van der Waals surface area contributed by atoms with Crippen molar-refractivity contribution in [1.29, 1.82) is 0 Å². The number of amides is 2. The number of hydrogen-bond acceptors (Lipinski definition) is 2. The zero-order valence-electron chi connectivity index (χ0n) is 15.3. The van der Waals surface area contributed by atoms with Gasteiger partial charge in [-0.1, -0.05) is 42.5 Å². The van der Waals surface area contributed by atoms with E-state index in [4.69, 9.17) is 0 Å². The lowest BCUT2D eigenvalue weighted by Crippen LogP contribution is -2.29. The molecule has 1 aliphatic rings. The van der Waals surface area contributed by atoms with Crippen molar-refractivity contribution < 1.29 is 14.0 Å². The van der Waals surface area contributed by atoms with Crippen molar-refractivity contribution in [3.63, 3.8) is 0 Å². The molecular weight excluding hydrogens is 341 g/mol. The molecule has 0 radical (unpaired) electrons. The number of carbonyl (C=O) groups is 2. The molecule has 1 aliphatic heterocycles. The molecule has 27 heavy (non-hydrogen) atoms. The van der Waals surface area contributed by atoms with Crippen LogP contribution in [0.1, 0.15) is 37.4 Å². The standard InChI is InChI=1S/C23H18FNO2/c1-13-14(2)19-20(21(24)15(13)3)23(27)25(22(19)26)18-11-7-10-17(12-18)16-8-5-4-6-9-16/h4-12H,1-3H3. The Kier molecular flexibility index (Phi) is 3.92. The Bertz CT molecular complexity index is 1060. The molecule has 3 aromatic rings. The summed E-state index contributed by atoms with van der Waals surface area (Å²) >= 11 is 0. The van der Waals surface area contributed by atoms with E-state index in [1.807, 2.05) is 36.4 Å². The van der Waals surface area contributed by atoms with E-state index in [1.165, 1.54) is 0 Å². The van der Waals surface area contributed by atoms with Crippen molar-refractivity contribution in [2.24, 2.45) is 0 Å². The molecule has 1 heterocycles. The Hall–Kier alpha value is -3.27. The molecule has 0 fully saturated rings. The van der Waals surface area contributed by atoms with Gasteiger partial charge in [-0.15, -0.1) is 0 Å². The maximum Gasteiger partial charge on any atom is 0.269 e. The van der Waals surface area contributed by atoms with E-state index in [0.717, 1.165) is 16.0 Å². The Morgan fingerprint density at radius 3 is 2.04 bits per heavy atom. The second-order valence-electron chi connectivity index (χ2n) is 6.80. The van der Waals surface area contributed by atoms with E-state index in [2.05, 4.69) is 0 Å². The van der Waals surface area contributed by atoms with Crippen molar-refractivity contribution >= 4 is 17.5 Å². The number of halogens is 1. The monoisotopic (exact) mass is 359 g/mol. The molecule has 2 amide bonds. The molecule has 0 aromatic heterocycles. The molecule has 4 rings (SSSR count). The maximum absolute atomic E-state index is 14.8. The summed E-state index contributed by atoms with van der Waals surface area (Å²) in [7, 11) is 0. The number of imide groups is 1. The maximum atomic E-state index is 14.8. The first kappa shape index (κ1) is 17.2. The van der Waals surface area contributed by atoms with Crippen LogP contribution in [0.3, 0.4) is 0 Å². The van der Waals surface area contributed by atoms with Crippen LogP contribution in [0.5, 0.6) is 0 Å². The van der Waals surface area contributed by atoms with Crippen LogP contribution in [0.15, 0.2) is 54.6 Å². The quantitative estimate of drug-likeness (QED) is 0.589. The minimum absolute atomic E-state index is 0.120. The number of hydrogen-bond donors (Lipinski definition) is 0. The van der Waals surface area contributed by atoms with Gasteiger partial charge in [-0.2, -0.15) is 0 Å². The van der Waals surface area contributed by atoms with Crippen LogP contribution in [-0.4, -0.2) is 11.8 Å². The van der Waals surface area contributed by atoms with Crippen LogP contribution < -0.4 is 4.90 Å². The third-order valence-electron chi connectivity index (χ3n) is 5.34. The number of rotatable bonds is 2. The van der Waals surface area contributed by atoms with Crippen LogP contribution in [0.4, 0.5) is 10.1 Å². The molecule has 0 unspecified atom stereocenters. The summed E-state index contributed by atoms with van der Waals surface area (Å²) in [6.45, 7) is 5.16. The van der Waals surface area contributed by atoms with Gasteiger partial charge >= 0.3 is 0 Å². The van der Waals surface area contributed by atoms with E-state index < -0.39 is 17.6 Å². The van der Waals surface area contributed by atoms with E-state index in [9.17, 15) is 14.0 Å². The van der Waals surface area contributed by atoms with Gasteiger partial charge in [0, 0.05) is 0 Å². The zero-order valence-corrected chi connectivity index (χ0v) is 15.3. The number of benzene rings is 3. The number of carbonyl (C=O) groups excluding carboxylic acids is 2. The van der Waals surface area contributed by atoms with Crippen LogP contribution in [0, 0.1) is 26.6 Å². The summed E-state index contributed by atoms with van der Waals surface area (Å²) in [4.78, 5) is 27.1. The first-order chi connectivity index (χ1) is 12.9. The van der Waals surface area contributed by atoms with Crippen LogP contribution >= 0.6 is 0 Å². The molecule has 134 valence electrons. The second-order valence-corrected chi connectivity index (χ2v) is 6.80. The SMILES string of the molecule is Cc1c(C)c(F)c2c(c1C)C(=O)N(c1cccc(-c3ccccc3)c1)C2=O. The predicted octanol–water partition coefficient (Wildman–Crippen LogP) is 5.22. The Labute approximate surface area is 157 Å². The van der Waals surface area contributed by atoms with Gasteiger partial charge in [0.15, 0.2) is 0 Å². The van der Waals surface area contributed by atoms with Crippen LogP contribution in [-0.2, 0) is 0 Å². The van der Waals surface area contributed by atoms with Crippen molar-refractivity contribution in [3.05, 3.63) is 88.2 Å². The van der Waals surface area contributed by atoms with Crippen LogP contribution in [0.2, 0.25) is 0 Å². The highest BCUT2D eigenvalue weighted by Crippen LogP contribution is 2.36. The fraction of sp³-hybridized carbons (Fsp3) is 0.130. The molecule has 0 atom stereocenters. The second kappa shape index (κ2) is 6.16. The van der Waals surface area contributed by atoms with Gasteiger partial charge in [0.05, 0.1) is 16.8 Å². The third kappa shape index (κ3) is 2.48. The largest absolute Gasteiger partial charge is 0.269 e. The molecule has 0 saturated heterocycles. The minimum Gasteiger partial charge on any atom is -0.268 e. The van der Waals surface area contributed by atoms with Gasteiger partial charge in [-0.3, -0.25) is 9.59 Å². The number of nitrogens with zero attached hydrogens (tertiary/aromatic N) is 1. The molecule has 0 saturated carbocycles. The topological polar surface area (TPSA) is 37.4 Å². The van der Waals surface area contributed by atoms with E-state index in [1.54, 1.807) is 39.0 Å². The Morgan fingerprint density at radius 2 is 1.33 bits per heavy atom. The normalized spacial score (nSPS) is 13.3. The van der Waals surface area contributed by atoms with Gasteiger partial charge in [0.1, 0.15) is 5.82 Å². The summed E-state index contributed by atoms with van der Waals surface area (Å²) in [5.74, 6) is -1.68. The van der Waals surface area contributed by atoms with E-state index >= 15 is 0 Å². The van der Waals surface area contributed by atoms with Gasteiger partial charge in [0.2, 0.25) is 0 Å². The minimum atomic E-state index is -0.607. The van der Waals surface area contributed by atoms with Crippen molar-refractivity contribution in [1.82, 2.24) is 0 Å². The molecule has 3 nitrogen and oxygen atoms in total. The van der Waals surface area contributed by atoms with Crippen molar-refractivity contribution in [2.75, 3.05) is 4.90 Å². The van der Waals surface area contributed by atoms with Crippen molar-refractivity contribution in [3.8, 4) is 11.1 Å².